The Morgan fingerprint density at radius 1 is 1.00 bits per heavy atom. The van der Waals surface area contributed by atoms with Gasteiger partial charge in [-0.1, -0.05) is 18.2 Å². The van der Waals surface area contributed by atoms with Crippen molar-refractivity contribution in [2.75, 3.05) is 31.1 Å². The molecule has 1 fully saturated rings. The van der Waals surface area contributed by atoms with Gasteiger partial charge in [-0.05, 0) is 31.2 Å². The third-order valence-corrected chi connectivity index (χ3v) is 4.17. The summed E-state index contributed by atoms with van der Waals surface area (Å²) in [5, 5.41) is 0. The fourth-order valence-corrected chi connectivity index (χ4v) is 2.87. The van der Waals surface area contributed by atoms with E-state index >= 15 is 0 Å². The van der Waals surface area contributed by atoms with E-state index in [1.54, 1.807) is 6.07 Å². The van der Waals surface area contributed by atoms with Gasteiger partial charge < -0.3 is 4.90 Å². The summed E-state index contributed by atoms with van der Waals surface area (Å²) in [7, 11) is 0. The van der Waals surface area contributed by atoms with Crippen molar-refractivity contribution in [3.63, 3.8) is 0 Å². The molecule has 4 heteroatoms. The van der Waals surface area contributed by atoms with Crippen molar-refractivity contribution in [1.82, 2.24) is 9.88 Å². The van der Waals surface area contributed by atoms with Crippen LogP contribution in [-0.2, 0) is 0 Å². The van der Waals surface area contributed by atoms with Crippen LogP contribution in [-0.4, -0.2) is 36.1 Å². The molecule has 1 aliphatic rings. The van der Waals surface area contributed by atoms with Crippen molar-refractivity contribution < 1.29 is 4.39 Å². The minimum atomic E-state index is -0.135. The topological polar surface area (TPSA) is 19.4 Å². The van der Waals surface area contributed by atoms with Crippen molar-refractivity contribution in [1.29, 1.82) is 0 Å². The minimum Gasteiger partial charge on any atom is -0.367 e. The number of benzene rings is 1. The third kappa shape index (κ3) is 3.05. The second-order valence-electron chi connectivity index (χ2n) is 5.41. The lowest BCUT2D eigenvalue weighted by molar-refractivity contribution is 0.195. The quantitative estimate of drug-likeness (QED) is 0.864. The highest BCUT2D eigenvalue weighted by Crippen LogP contribution is 2.24. The smallest absolute Gasteiger partial charge is 0.146 e. The van der Waals surface area contributed by atoms with Crippen molar-refractivity contribution in [2.45, 2.75) is 13.0 Å². The molecule has 3 nitrogen and oxygen atoms in total. The van der Waals surface area contributed by atoms with Gasteiger partial charge in [0.15, 0.2) is 0 Å². The summed E-state index contributed by atoms with van der Waals surface area (Å²) in [4.78, 5) is 8.95. The second kappa shape index (κ2) is 6.22. The monoisotopic (exact) mass is 285 g/mol. The van der Waals surface area contributed by atoms with E-state index in [4.69, 9.17) is 0 Å². The summed E-state index contributed by atoms with van der Waals surface area (Å²) in [6.07, 6.45) is 1.83. The van der Waals surface area contributed by atoms with Crippen LogP contribution in [0.2, 0.25) is 0 Å². The number of hydrogen-bond acceptors (Lipinski definition) is 3. The zero-order valence-electron chi connectivity index (χ0n) is 12.2. The number of anilines is 1. The second-order valence-corrected chi connectivity index (χ2v) is 5.41. The summed E-state index contributed by atoms with van der Waals surface area (Å²) >= 11 is 0. The molecule has 2 heterocycles. The summed E-state index contributed by atoms with van der Waals surface area (Å²) < 4.78 is 13.8. The molecule has 0 amide bonds. The summed E-state index contributed by atoms with van der Waals surface area (Å²) in [5.74, 6) is -0.135. The lowest BCUT2D eigenvalue weighted by Crippen LogP contribution is -2.47. The van der Waals surface area contributed by atoms with E-state index in [1.165, 1.54) is 6.07 Å². The predicted octanol–water partition coefficient (Wildman–Crippen LogP) is 3.10. The first-order chi connectivity index (χ1) is 10.3. The Morgan fingerprint density at radius 2 is 1.71 bits per heavy atom. The number of aromatic nitrogens is 1. The van der Waals surface area contributed by atoms with Crippen LogP contribution in [0, 0.1) is 5.82 Å². The van der Waals surface area contributed by atoms with E-state index in [9.17, 15) is 4.39 Å². The van der Waals surface area contributed by atoms with Crippen LogP contribution < -0.4 is 4.90 Å². The zero-order chi connectivity index (χ0) is 14.7. The molecule has 0 spiro atoms. The van der Waals surface area contributed by atoms with Crippen LogP contribution in [0.5, 0.6) is 0 Å². The Hall–Kier alpha value is -1.94. The fraction of sp³-hybridized carbons (Fsp3) is 0.353. The number of hydrogen-bond donors (Lipinski definition) is 0. The van der Waals surface area contributed by atoms with Gasteiger partial charge in [-0.3, -0.25) is 9.88 Å². The maximum absolute atomic E-state index is 13.8. The number of piperazine rings is 1. The van der Waals surface area contributed by atoms with E-state index < -0.39 is 0 Å². The van der Waals surface area contributed by atoms with Gasteiger partial charge >= 0.3 is 0 Å². The van der Waals surface area contributed by atoms with E-state index in [0.29, 0.717) is 11.7 Å². The number of nitrogens with zero attached hydrogens (tertiary/aromatic N) is 3. The fourth-order valence-electron chi connectivity index (χ4n) is 2.87. The average Bonchev–Trinajstić information content (AvgIpc) is 2.56. The molecule has 1 aromatic carbocycles. The molecule has 0 bridgehead atoms. The highest BCUT2D eigenvalue weighted by atomic mass is 19.1. The summed E-state index contributed by atoms with van der Waals surface area (Å²) in [6.45, 7) is 5.72. The lowest BCUT2D eigenvalue weighted by atomic mass is 10.1. The molecule has 0 saturated carbocycles. The lowest BCUT2D eigenvalue weighted by Gasteiger charge is -2.39. The molecule has 1 atom stereocenters. The molecule has 0 radical (unpaired) electrons. The highest BCUT2D eigenvalue weighted by molar-refractivity contribution is 5.48. The molecular formula is C17H20FN3. The molecule has 0 N–H and O–H groups in total. The van der Waals surface area contributed by atoms with Crippen LogP contribution >= 0.6 is 0 Å². The van der Waals surface area contributed by atoms with Gasteiger partial charge in [0.05, 0.1) is 11.4 Å². The zero-order valence-corrected chi connectivity index (χ0v) is 12.2. The van der Waals surface area contributed by atoms with Crippen molar-refractivity contribution >= 4 is 5.69 Å². The van der Waals surface area contributed by atoms with Crippen LogP contribution in [0.1, 0.15) is 18.7 Å². The Morgan fingerprint density at radius 3 is 2.38 bits per heavy atom. The highest BCUT2D eigenvalue weighted by Gasteiger charge is 2.23. The maximum Gasteiger partial charge on any atom is 0.146 e. The first kappa shape index (κ1) is 14.0. The summed E-state index contributed by atoms with van der Waals surface area (Å²) in [6, 6.07) is 13.3. The first-order valence-electron chi connectivity index (χ1n) is 7.40. The number of halogens is 1. The Balaban J connectivity index is 1.64. The Kier molecular flexibility index (Phi) is 4.15. The summed E-state index contributed by atoms with van der Waals surface area (Å²) in [5.41, 5.74) is 1.81. The van der Waals surface area contributed by atoms with Gasteiger partial charge in [-0.2, -0.15) is 0 Å². The molecule has 1 aromatic heterocycles. The van der Waals surface area contributed by atoms with Crippen LogP contribution in [0.4, 0.5) is 10.1 Å². The molecule has 1 saturated heterocycles. The molecule has 0 aliphatic carbocycles. The minimum absolute atomic E-state index is 0.135. The van der Waals surface area contributed by atoms with Gasteiger partial charge in [-0.15, -0.1) is 0 Å². The predicted molar refractivity (Wildman–Crippen MR) is 82.8 cm³/mol. The molecule has 110 valence electrons. The largest absolute Gasteiger partial charge is 0.367 e. The van der Waals surface area contributed by atoms with Crippen molar-refractivity contribution in [2.24, 2.45) is 0 Å². The molecule has 2 aromatic rings. The van der Waals surface area contributed by atoms with Gasteiger partial charge in [-0.25, -0.2) is 4.39 Å². The van der Waals surface area contributed by atoms with Crippen LogP contribution in [0.15, 0.2) is 48.7 Å². The van der Waals surface area contributed by atoms with Crippen molar-refractivity contribution in [3.05, 3.63) is 60.2 Å². The van der Waals surface area contributed by atoms with Gasteiger partial charge in [0, 0.05) is 38.4 Å². The molecule has 1 unspecified atom stereocenters. The third-order valence-electron chi connectivity index (χ3n) is 4.17. The first-order valence-corrected chi connectivity index (χ1v) is 7.40. The normalized spacial score (nSPS) is 17.7. The molecule has 1 aliphatic heterocycles. The van der Waals surface area contributed by atoms with Crippen LogP contribution in [0.3, 0.4) is 0 Å². The molecule has 3 rings (SSSR count). The van der Waals surface area contributed by atoms with Crippen LogP contribution in [0.25, 0.3) is 0 Å². The standard InChI is InChI=1S/C17H20FN3/c1-14(16-7-4-5-9-19-16)20-10-12-21(13-11-20)17-8-3-2-6-15(17)18/h2-9,14H,10-13H2,1H3. The number of para-hydroxylation sites is 1. The van der Waals surface area contributed by atoms with E-state index in [0.717, 1.165) is 31.9 Å². The van der Waals surface area contributed by atoms with E-state index in [1.807, 2.05) is 30.5 Å². The number of pyridine rings is 1. The van der Waals surface area contributed by atoms with E-state index in [-0.39, 0.29) is 5.82 Å². The SMILES string of the molecule is CC(c1ccccn1)N1CCN(c2ccccc2F)CC1. The molecular weight excluding hydrogens is 265 g/mol. The van der Waals surface area contributed by atoms with Gasteiger partial charge in [0.2, 0.25) is 0 Å². The van der Waals surface area contributed by atoms with Gasteiger partial charge in [0.1, 0.15) is 5.82 Å². The number of rotatable bonds is 3. The van der Waals surface area contributed by atoms with Crippen molar-refractivity contribution in [3.8, 4) is 0 Å². The Bertz CT molecular complexity index is 580. The maximum atomic E-state index is 13.8. The van der Waals surface area contributed by atoms with Gasteiger partial charge in [0.25, 0.3) is 0 Å². The Labute approximate surface area is 125 Å². The van der Waals surface area contributed by atoms with E-state index in [2.05, 4.69) is 27.8 Å². The molecule has 21 heavy (non-hydrogen) atoms. The average molecular weight is 285 g/mol.